The van der Waals surface area contributed by atoms with E-state index in [9.17, 15) is 14.7 Å². The van der Waals surface area contributed by atoms with E-state index in [0.29, 0.717) is 18.6 Å². The van der Waals surface area contributed by atoms with Gasteiger partial charge in [0.05, 0.1) is 25.5 Å². The average molecular weight is 357 g/mol. The zero-order valence-corrected chi connectivity index (χ0v) is 15.1. The minimum atomic E-state index is -0.441. The summed E-state index contributed by atoms with van der Waals surface area (Å²) < 4.78 is 5.22. The van der Waals surface area contributed by atoms with Gasteiger partial charge in [-0.15, -0.1) is 0 Å². The molecule has 0 spiro atoms. The fourth-order valence-corrected chi connectivity index (χ4v) is 3.21. The number of aliphatic hydroxyl groups is 1. The molecule has 1 aliphatic carbocycles. The summed E-state index contributed by atoms with van der Waals surface area (Å²) in [6.45, 7) is 3.63. The number of aromatic amines is 1. The topological polar surface area (TPSA) is 104 Å². The van der Waals surface area contributed by atoms with Crippen molar-refractivity contribution in [2.75, 3.05) is 7.11 Å². The van der Waals surface area contributed by atoms with Gasteiger partial charge in [-0.2, -0.15) is 0 Å². The summed E-state index contributed by atoms with van der Waals surface area (Å²) in [4.78, 5) is 31.8. The van der Waals surface area contributed by atoms with E-state index in [1.807, 2.05) is 13.0 Å². The summed E-state index contributed by atoms with van der Waals surface area (Å²) in [6, 6.07) is 3.06. The van der Waals surface area contributed by atoms with Crippen molar-refractivity contribution in [2.24, 2.45) is 5.92 Å². The first-order valence-electron chi connectivity index (χ1n) is 8.57. The molecule has 3 N–H and O–H groups in total. The molecule has 7 nitrogen and oxygen atoms in total. The first kappa shape index (κ1) is 18.1. The van der Waals surface area contributed by atoms with E-state index in [4.69, 9.17) is 4.74 Å². The largest absolute Gasteiger partial charge is 0.495 e. The van der Waals surface area contributed by atoms with Gasteiger partial charge < -0.3 is 20.1 Å². The standard InChI is InChI=1S/C19H23N3O4/c1-10-4-16(18(24)21-11(10)2)19(25)22-17(12-5-14(23)6-12)13-7-15(26-3)9-20-8-13/h4,7-9,12,14,17,23H,5-6H2,1-3H3,(H,21,24)(H,22,25)/t12?,14?,17-/m1/s1. The number of ether oxygens (including phenoxy) is 1. The minimum Gasteiger partial charge on any atom is -0.495 e. The van der Waals surface area contributed by atoms with Crippen molar-refractivity contribution in [3.63, 3.8) is 0 Å². The highest BCUT2D eigenvalue weighted by atomic mass is 16.5. The normalized spacial score (nSPS) is 20.2. The smallest absolute Gasteiger partial charge is 0.261 e. The van der Waals surface area contributed by atoms with E-state index in [1.165, 1.54) is 0 Å². The van der Waals surface area contributed by atoms with Gasteiger partial charge in [0.1, 0.15) is 11.3 Å². The second-order valence-corrected chi connectivity index (χ2v) is 6.81. The first-order chi connectivity index (χ1) is 12.4. The summed E-state index contributed by atoms with van der Waals surface area (Å²) in [6.07, 6.45) is 4.08. The maximum Gasteiger partial charge on any atom is 0.261 e. The monoisotopic (exact) mass is 357 g/mol. The summed E-state index contributed by atoms with van der Waals surface area (Å²) in [7, 11) is 1.55. The van der Waals surface area contributed by atoms with E-state index in [-0.39, 0.29) is 23.6 Å². The molecule has 0 bridgehead atoms. The lowest BCUT2D eigenvalue weighted by Gasteiger charge is -2.38. The van der Waals surface area contributed by atoms with E-state index in [2.05, 4.69) is 15.3 Å². The van der Waals surface area contributed by atoms with E-state index in [1.54, 1.807) is 32.5 Å². The molecule has 7 heteroatoms. The molecule has 2 aromatic rings. The molecule has 0 aliphatic heterocycles. The van der Waals surface area contributed by atoms with Crippen LogP contribution in [0.2, 0.25) is 0 Å². The highest BCUT2D eigenvalue weighted by Crippen LogP contribution is 2.38. The van der Waals surface area contributed by atoms with Crippen molar-refractivity contribution < 1.29 is 14.6 Å². The van der Waals surface area contributed by atoms with Gasteiger partial charge in [-0.3, -0.25) is 14.6 Å². The Morgan fingerprint density at radius 2 is 2.08 bits per heavy atom. The van der Waals surface area contributed by atoms with Gasteiger partial charge in [0.15, 0.2) is 0 Å². The predicted octanol–water partition coefficient (Wildman–Crippen LogP) is 1.64. The number of aliphatic hydroxyl groups excluding tert-OH is 1. The van der Waals surface area contributed by atoms with Gasteiger partial charge in [0.25, 0.3) is 11.5 Å². The number of nitrogens with zero attached hydrogens (tertiary/aromatic N) is 1. The number of nitrogens with one attached hydrogen (secondary N) is 2. The maximum atomic E-state index is 12.7. The van der Waals surface area contributed by atoms with Gasteiger partial charge in [0.2, 0.25) is 0 Å². The fourth-order valence-electron chi connectivity index (χ4n) is 3.21. The molecule has 138 valence electrons. The Labute approximate surface area is 151 Å². The van der Waals surface area contributed by atoms with Crippen molar-refractivity contribution in [1.82, 2.24) is 15.3 Å². The fraction of sp³-hybridized carbons (Fsp3) is 0.421. The van der Waals surface area contributed by atoms with Crippen LogP contribution in [-0.4, -0.2) is 34.2 Å². The number of carbonyl (C=O) groups is 1. The summed E-state index contributed by atoms with van der Waals surface area (Å²) >= 11 is 0. The number of hydrogen-bond acceptors (Lipinski definition) is 5. The third-order valence-electron chi connectivity index (χ3n) is 4.98. The van der Waals surface area contributed by atoms with Crippen molar-refractivity contribution in [3.8, 4) is 5.75 Å². The van der Waals surface area contributed by atoms with E-state index >= 15 is 0 Å². The van der Waals surface area contributed by atoms with Gasteiger partial charge in [-0.1, -0.05) is 0 Å². The van der Waals surface area contributed by atoms with Crippen LogP contribution < -0.4 is 15.6 Å². The molecular weight excluding hydrogens is 334 g/mol. The third kappa shape index (κ3) is 3.62. The van der Waals surface area contributed by atoms with E-state index < -0.39 is 11.5 Å². The first-order valence-corrected chi connectivity index (χ1v) is 8.57. The zero-order valence-electron chi connectivity index (χ0n) is 15.1. The van der Waals surface area contributed by atoms with Crippen molar-refractivity contribution in [1.29, 1.82) is 0 Å². The number of hydrogen-bond donors (Lipinski definition) is 3. The minimum absolute atomic E-state index is 0.0773. The predicted molar refractivity (Wildman–Crippen MR) is 96.3 cm³/mol. The summed E-state index contributed by atoms with van der Waals surface area (Å²) in [5.41, 5.74) is 2.03. The lowest BCUT2D eigenvalue weighted by Crippen LogP contribution is -2.42. The number of carbonyl (C=O) groups excluding carboxylic acids is 1. The summed E-state index contributed by atoms with van der Waals surface area (Å²) in [5, 5.41) is 12.6. The molecule has 0 aromatic carbocycles. The SMILES string of the molecule is COc1cncc([C@H](NC(=O)c2cc(C)c(C)[nH]c2=O)C2CC(O)C2)c1. The molecule has 2 aromatic heterocycles. The molecule has 1 atom stereocenters. The van der Waals surface area contributed by atoms with Crippen molar-refractivity contribution >= 4 is 5.91 Å². The Hall–Kier alpha value is -2.67. The zero-order chi connectivity index (χ0) is 18.8. The molecule has 1 aliphatic rings. The van der Waals surface area contributed by atoms with Crippen LogP contribution in [-0.2, 0) is 0 Å². The molecule has 0 saturated heterocycles. The Morgan fingerprint density at radius 1 is 1.35 bits per heavy atom. The Morgan fingerprint density at radius 3 is 2.73 bits per heavy atom. The summed E-state index contributed by atoms with van der Waals surface area (Å²) in [5.74, 6) is 0.225. The maximum absolute atomic E-state index is 12.7. The van der Waals surface area contributed by atoms with Crippen LogP contribution >= 0.6 is 0 Å². The molecule has 0 unspecified atom stereocenters. The Kier molecular flexibility index (Phi) is 5.08. The second-order valence-electron chi connectivity index (χ2n) is 6.81. The van der Waals surface area contributed by atoms with Crippen LogP contribution in [0, 0.1) is 19.8 Å². The van der Waals surface area contributed by atoms with Gasteiger partial charge in [-0.05, 0) is 55.9 Å². The number of H-pyrrole nitrogens is 1. The Bertz CT molecular complexity index is 871. The number of pyridine rings is 2. The quantitative estimate of drug-likeness (QED) is 0.755. The molecule has 26 heavy (non-hydrogen) atoms. The van der Waals surface area contributed by atoms with Gasteiger partial charge in [0, 0.05) is 11.9 Å². The highest BCUT2D eigenvalue weighted by Gasteiger charge is 2.36. The molecule has 2 heterocycles. The number of aromatic nitrogens is 2. The average Bonchev–Trinajstić information content (AvgIpc) is 2.60. The molecule has 3 rings (SSSR count). The molecule has 1 amide bonds. The van der Waals surface area contributed by atoms with Gasteiger partial charge >= 0.3 is 0 Å². The number of aryl methyl sites for hydroxylation is 2. The number of methoxy groups -OCH3 is 1. The number of amides is 1. The van der Waals surface area contributed by atoms with Crippen molar-refractivity contribution in [2.45, 2.75) is 38.8 Å². The lowest BCUT2D eigenvalue weighted by molar-refractivity contribution is 0.0234. The van der Waals surface area contributed by atoms with E-state index in [0.717, 1.165) is 16.8 Å². The van der Waals surface area contributed by atoms with Gasteiger partial charge in [-0.25, -0.2) is 0 Å². The van der Waals surface area contributed by atoms with Crippen LogP contribution in [0.1, 0.15) is 46.1 Å². The highest BCUT2D eigenvalue weighted by molar-refractivity contribution is 5.94. The molecule has 1 fully saturated rings. The van der Waals surface area contributed by atoms with Crippen LogP contribution in [0.4, 0.5) is 0 Å². The third-order valence-corrected chi connectivity index (χ3v) is 4.98. The molecule has 0 radical (unpaired) electrons. The second kappa shape index (κ2) is 7.29. The Balaban J connectivity index is 1.89. The van der Waals surface area contributed by atoms with Crippen LogP contribution in [0.15, 0.2) is 29.3 Å². The molecule has 1 saturated carbocycles. The lowest BCUT2D eigenvalue weighted by atomic mass is 9.75. The number of rotatable bonds is 5. The van der Waals surface area contributed by atoms with Crippen LogP contribution in [0.25, 0.3) is 0 Å². The van der Waals surface area contributed by atoms with Crippen LogP contribution in [0.3, 0.4) is 0 Å². The van der Waals surface area contributed by atoms with Crippen molar-refractivity contribution in [3.05, 3.63) is 57.3 Å². The van der Waals surface area contributed by atoms with Crippen LogP contribution in [0.5, 0.6) is 5.75 Å². The molecular formula is C19H23N3O4.